The van der Waals surface area contributed by atoms with E-state index in [1.807, 2.05) is 0 Å². The highest BCUT2D eigenvalue weighted by molar-refractivity contribution is 6.51. The molecule has 0 aliphatic heterocycles. The first-order valence-corrected chi connectivity index (χ1v) is 2.94. The third-order valence-electron chi connectivity index (χ3n) is 1.02. The van der Waals surface area contributed by atoms with Crippen molar-refractivity contribution in [2.75, 3.05) is 0 Å². The molecule has 0 radical (unpaired) electrons. The highest BCUT2D eigenvalue weighted by atomic mass is 19.1. The Bertz CT molecular complexity index is 159. The van der Waals surface area contributed by atoms with Gasteiger partial charge in [0.15, 0.2) is 0 Å². The lowest BCUT2D eigenvalue weighted by molar-refractivity contribution is 0.418. The fraction of sp³-hybridized carbons (Fsp3) is 0.333. The van der Waals surface area contributed by atoms with Crippen LogP contribution in [0, 0.1) is 0 Å². The number of rotatable bonds is 2. The molecular formula is C6H10BFO2. The van der Waals surface area contributed by atoms with Gasteiger partial charge in [0.2, 0.25) is 0 Å². The van der Waals surface area contributed by atoms with E-state index >= 15 is 0 Å². The van der Waals surface area contributed by atoms with Crippen LogP contribution in [0.2, 0.25) is 0 Å². The van der Waals surface area contributed by atoms with Crippen molar-refractivity contribution in [3.8, 4) is 0 Å². The van der Waals surface area contributed by atoms with Crippen LogP contribution >= 0.6 is 0 Å². The van der Waals surface area contributed by atoms with Crippen LogP contribution < -0.4 is 0 Å². The number of halogens is 1. The summed E-state index contributed by atoms with van der Waals surface area (Å²) in [5, 5.41) is 17.0. The summed E-state index contributed by atoms with van der Waals surface area (Å²) >= 11 is 0. The maximum atomic E-state index is 12.3. The Kier molecular flexibility index (Phi) is 3.99. The Hall–Kier alpha value is -0.605. The second-order valence-electron chi connectivity index (χ2n) is 1.86. The molecule has 0 aliphatic rings. The summed E-state index contributed by atoms with van der Waals surface area (Å²) < 4.78 is 12.3. The van der Waals surface area contributed by atoms with Gasteiger partial charge in [-0.05, 0) is 13.8 Å². The van der Waals surface area contributed by atoms with Crippen molar-refractivity contribution >= 4 is 7.12 Å². The van der Waals surface area contributed by atoms with Crippen LogP contribution in [0.3, 0.4) is 0 Å². The minimum Gasteiger partial charge on any atom is -0.423 e. The molecule has 0 saturated carbocycles. The molecule has 0 spiro atoms. The van der Waals surface area contributed by atoms with Gasteiger partial charge in [0.05, 0.1) is 5.83 Å². The van der Waals surface area contributed by atoms with Gasteiger partial charge in [0, 0.05) is 5.47 Å². The lowest BCUT2D eigenvalue weighted by Gasteiger charge is -1.98. The molecule has 0 rings (SSSR count). The summed E-state index contributed by atoms with van der Waals surface area (Å²) in [6, 6.07) is 0. The zero-order valence-electron chi connectivity index (χ0n) is 6.00. The van der Waals surface area contributed by atoms with E-state index in [4.69, 9.17) is 10.0 Å². The fourth-order valence-electron chi connectivity index (χ4n) is 0.558. The summed E-state index contributed by atoms with van der Waals surface area (Å²) in [7, 11) is -1.72. The highest BCUT2D eigenvalue weighted by Crippen LogP contribution is 2.07. The van der Waals surface area contributed by atoms with Gasteiger partial charge >= 0.3 is 7.12 Å². The Labute approximate surface area is 59.8 Å². The van der Waals surface area contributed by atoms with Gasteiger partial charge in [-0.2, -0.15) is 0 Å². The number of allylic oxidation sites excluding steroid dienone is 4. The first-order valence-electron chi connectivity index (χ1n) is 2.94. The highest BCUT2D eigenvalue weighted by Gasteiger charge is 2.14. The topological polar surface area (TPSA) is 40.5 Å². The van der Waals surface area contributed by atoms with Gasteiger partial charge in [-0.1, -0.05) is 12.2 Å². The van der Waals surface area contributed by atoms with Crippen molar-refractivity contribution in [1.82, 2.24) is 0 Å². The molecule has 0 unspecified atom stereocenters. The molecule has 0 aliphatic carbocycles. The molecule has 2 N–H and O–H groups in total. The van der Waals surface area contributed by atoms with Crippen LogP contribution in [0.15, 0.2) is 23.5 Å². The zero-order valence-corrected chi connectivity index (χ0v) is 6.00. The second kappa shape index (κ2) is 4.25. The van der Waals surface area contributed by atoms with Gasteiger partial charge in [-0.15, -0.1) is 0 Å². The van der Waals surface area contributed by atoms with Gasteiger partial charge in [0.1, 0.15) is 0 Å². The van der Waals surface area contributed by atoms with Crippen molar-refractivity contribution in [1.29, 1.82) is 0 Å². The predicted octanol–water partition coefficient (Wildman–Crippen LogP) is 0.818. The molecule has 2 nitrogen and oxygen atoms in total. The summed E-state index contributed by atoms with van der Waals surface area (Å²) in [6.45, 7) is 2.85. The van der Waals surface area contributed by atoms with Crippen LogP contribution in [0.5, 0.6) is 0 Å². The first-order chi connectivity index (χ1) is 4.59. The van der Waals surface area contributed by atoms with Crippen LogP contribution in [-0.2, 0) is 0 Å². The van der Waals surface area contributed by atoms with E-state index in [1.165, 1.54) is 19.1 Å². The normalized spacial score (nSPS) is 13.7. The predicted molar refractivity (Wildman–Crippen MR) is 38.8 cm³/mol. The molecule has 10 heavy (non-hydrogen) atoms. The Morgan fingerprint density at radius 1 is 1.50 bits per heavy atom. The molecule has 0 aromatic heterocycles. The maximum absolute atomic E-state index is 12.3. The molecule has 56 valence electrons. The third kappa shape index (κ3) is 2.80. The van der Waals surface area contributed by atoms with Crippen molar-refractivity contribution in [2.45, 2.75) is 13.8 Å². The van der Waals surface area contributed by atoms with Crippen molar-refractivity contribution in [3.63, 3.8) is 0 Å². The van der Waals surface area contributed by atoms with E-state index in [9.17, 15) is 4.39 Å². The molecule has 0 saturated heterocycles. The molecule has 4 heteroatoms. The molecule has 0 heterocycles. The van der Waals surface area contributed by atoms with E-state index in [0.717, 1.165) is 0 Å². The molecule has 0 aromatic carbocycles. The quantitative estimate of drug-likeness (QED) is 0.444. The molecule has 0 fully saturated rings. The average molecular weight is 144 g/mol. The summed E-state index contributed by atoms with van der Waals surface area (Å²) in [6.07, 6.45) is 2.86. The minimum atomic E-state index is -1.72. The smallest absolute Gasteiger partial charge is 0.423 e. The number of hydrogen-bond acceptors (Lipinski definition) is 2. The maximum Gasteiger partial charge on any atom is 0.491 e. The van der Waals surface area contributed by atoms with E-state index < -0.39 is 12.9 Å². The largest absolute Gasteiger partial charge is 0.491 e. The van der Waals surface area contributed by atoms with E-state index in [1.54, 1.807) is 6.92 Å². The Morgan fingerprint density at radius 2 is 2.00 bits per heavy atom. The van der Waals surface area contributed by atoms with E-state index in [0.29, 0.717) is 0 Å². The van der Waals surface area contributed by atoms with Crippen molar-refractivity contribution in [2.24, 2.45) is 0 Å². The lowest BCUT2D eigenvalue weighted by atomic mass is 9.78. The van der Waals surface area contributed by atoms with Crippen molar-refractivity contribution in [3.05, 3.63) is 23.5 Å². The molecule has 0 amide bonds. The molecule has 0 aromatic rings. The van der Waals surface area contributed by atoms with Gasteiger partial charge in [-0.25, -0.2) is 4.39 Å². The third-order valence-corrected chi connectivity index (χ3v) is 1.02. The molecule has 0 atom stereocenters. The second-order valence-corrected chi connectivity index (χ2v) is 1.86. The first kappa shape index (κ1) is 9.39. The fourth-order valence-corrected chi connectivity index (χ4v) is 0.558. The Morgan fingerprint density at radius 3 is 2.10 bits per heavy atom. The minimum absolute atomic E-state index is 0.0949. The van der Waals surface area contributed by atoms with Crippen LogP contribution in [0.25, 0.3) is 0 Å². The standard InChI is InChI=1S/C6H10BFO2/c1-3-4-6(5(2)8)7(9)10/h3-4,9-10H,1-2H3/b4-3-,6-5-. The monoisotopic (exact) mass is 144 g/mol. The van der Waals surface area contributed by atoms with Gasteiger partial charge in [0.25, 0.3) is 0 Å². The van der Waals surface area contributed by atoms with E-state index in [-0.39, 0.29) is 5.47 Å². The van der Waals surface area contributed by atoms with E-state index in [2.05, 4.69) is 0 Å². The molecular weight excluding hydrogens is 134 g/mol. The Balaban J connectivity index is 4.44. The lowest BCUT2D eigenvalue weighted by Crippen LogP contribution is -2.14. The zero-order chi connectivity index (χ0) is 8.15. The average Bonchev–Trinajstić information content (AvgIpc) is 1.81. The van der Waals surface area contributed by atoms with Crippen LogP contribution in [0.4, 0.5) is 4.39 Å². The van der Waals surface area contributed by atoms with Gasteiger partial charge in [-0.3, -0.25) is 0 Å². The summed E-state index contributed by atoms with van der Waals surface area (Å²) in [4.78, 5) is 0. The van der Waals surface area contributed by atoms with Crippen molar-refractivity contribution < 1.29 is 14.4 Å². The van der Waals surface area contributed by atoms with Gasteiger partial charge < -0.3 is 10.0 Å². The number of hydrogen-bond donors (Lipinski definition) is 2. The van der Waals surface area contributed by atoms with Crippen LogP contribution in [0.1, 0.15) is 13.8 Å². The molecule has 0 bridgehead atoms. The summed E-state index contributed by atoms with van der Waals surface area (Å²) in [5.41, 5.74) is -0.0949. The summed E-state index contributed by atoms with van der Waals surface area (Å²) in [5.74, 6) is -0.576. The van der Waals surface area contributed by atoms with Crippen LogP contribution in [-0.4, -0.2) is 17.2 Å². The SMILES string of the molecule is C/C=C\C(B(O)O)=C(/C)F.